The van der Waals surface area contributed by atoms with Crippen LogP contribution in [0.15, 0.2) is 18.2 Å². The minimum atomic E-state index is -0.644. The summed E-state index contributed by atoms with van der Waals surface area (Å²) in [5.74, 6) is -1.24. The lowest BCUT2D eigenvalue weighted by Gasteiger charge is -2.08. The van der Waals surface area contributed by atoms with Crippen molar-refractivity contribution in [2.45, 2.75) is 27.0 Å². The monoisotopic (exact) mass is 311 g/mol. The lowest BCUT2D eigenvalue weighted by Crippen LogP contribution is -2.14. The standard InChI is InChI=1S/C14H15ClFN3O2/c1-3-19-13(12(17)8(2)18-19)14(20)21-7-9-5-4-6-10(15)11(9)16/h4-6H,3,7,17H2,1-2H3. The van der Waals surface area contributed by atoms with E-state index in [-0.39, 0.29) is 28.6 Å². The van der Waals surface area contributed by atoms with Crippen LogP contribution in [0.3, 0.4) is 0 Å². The molecular formula is C14H15ClFN3O2. The Bertz CT molecular complexity index is 685. The van der Waals surface area contributed by atoms with Crippen molar-refractivity contribution in [1.29, 1.82) is 0 Å². The maximum absolute atomic E-state index is 13.7. The van der Waals surface area contributed by atoms with E-state index in [1.165, 1.54) is 16.8 Å². The molecule has 0 aliphatic rings. The average molecular weight is 312 g/mol. The number of nitrogens with two attached hydrogens (primary N) is 1. The van der Waals surface area contributed by atoms with E-state index in [4.69, 9.17) is 22.1 Å². The normalized spacial score (nSPS) is 10.7. The van der Waals surface area contributed by atoms with Gasteiger partial charge in [-0.25, -0.2) is 9.18 Å². The molecule has 0 bridgehead atoms. The van der Waals surface area contributed by atoms with Crippen molar-refractivity contribution in [3.63, 3.8) is 0 Å². The van der Waals surface area contributed by atoms with Crippen LogP contribution in [0.2, 0.25) is 5.02 Å². The van der Waals surface area contributed by atoms with E-state index in [0.29, 0.717) is 12.2 Å². The fraction of sp³-hybridized carbons (Fsp3) is 0.286. The SMILES string of the molecule is CCn1nc(C)c(N)c1C(=O)OCc1cccc(Cl)c1F. The zero-order valence-electron chi connectivity index (χ0n) is 11.7. The summed E-state index contributed by atoms with van der Waals surface area (Å²) >= 11 is 5.67. The summed E-state index contributed by atoms with van der Waals surface area (Å²) in [6.45, 7) is 3.79. The lowest BCUT2D eigenvalue weighted by atomic mass is 10.2. The second kappa shape index (κ2) is 6.13. The molecule has 112 valence electrons. The molecule has 0 fully saturated rings. The fourth-order valence-corrected chi connectivity index (χ4v) is 2.11. The number of nitrogens with zero attached hydrogens (tertiary/aromatic N) is 2. The number of anilines is 1. The Morgan fingerprint density at radius 2 is 2.24 bits per heavy atom. The topological polar surface area (TPSA) is 70.1 Å². The largest absolute Gasteiger partial charge is 0.456 e. The minimum absolute atomic E-state index is 0.0162. The van der Waals surface area contributed by atoms with E-state index >= 15 is 0 Å². The van der Waals surface area contributed by atoms with Gasteiger partial charge in [0.25, 0.3) is 0 Å². The van der Waals surface area contributed by atoms with Gasteiger partial charge in [-0.15, -0.1) is 0 Å². The molecule has 0 radical (unpaired) electrons. The third-order valence-electron chi connectivity index (χ3n) is 3.06. The van der Waals surface area contributed by atoms with E-state index in [1.54, 1.807) is 13.0 Å². The van der Waals surface area contributed by atoms with Crippen LogP contribution in [0, 0.1) is 12.7 Å². The second-order valence-corrected chi connectivity index (χ2v) is 4.86. The predicted octanol–water partition coefficient (Wildman–Crippen LogP) is 2.94. The number of carbonyl (C=O) groups is 1. The summed E-state index contributed by atoms with van der Waals surface area (Å²) < 4.78 is 20.3. The molecule has 2 rings (SSSR count). The minimum Gasteiger partial charge on any atom is -0.456 e. The number of aromatic nitrogens is 2. The van der Waals surface area contributed by atoms with Gasteiger partial charge in [0, 0.05) is 12.1 Å². The summed E-state index contributed by atoms with van der Waals surface area (Å²) in [6, 6.07) is 4.51. The van der Waals surface area contributed by atoms with Crippen molar-refractivity contribution < 1.29 is 13.9 Å². The van der Waals surface area contributed by atoms with Gasteiger partial charge in [0.2, 0.25) is 0 Å². The molecular weight excluding hydrogens is 297 g/mol. The molecule has 0 atom stereocenters. The Balaban J connectivity index is 2.18. The average Bonchev–Trinajstić information content (AvgIpc) is 2.75. The first kappa shape index (κ1) is 15.3. The zero-order chi connectivity index (χ0) is 15.6. The van der Waals surface area contributed by atoms with Crippen molar-refractivity contribution in [3.05, 3.63) is 46.0 Å². The number of nitrogen functional groups attached to an aromatic ring is 1. The molecule has 1 aromatic carbocycles. The van der Waals surface area contributed by atoms with Crippen molar-refractivity contribution in [1.82, 2.24) is 9.78 Å². The van der Waals surface area contributed by atoms with Gasteiger partial charge in [-0.2, -0.15) is 5.10 Å². The van der Waals surface area contributed by atoms with Gasteiger partial charge in [-0.3, -0.25) is 4.68 Å². The zero-order valence-corrected chi connectivity index (χ0v) is 12.4. The van der Waals surface area contributed by atoms with Crippen LogP contribution in [-0.4, -0.2) is 15.7 Å². The molecule has 2 N–H and O–H groups in total. The van der Waals surface area contributed by atoms with Crippen LogP contribution in [0.1, 0.15) is 28.7 Å². The molecule has 7 heteroatoms. The van der Waals surface area contributed by atoms with Gasteiger partial charge < -0.3 is 10.5 Å². The maximum Gasteiger partial charge on any atom is 0.359 e. The molecule has 1 heterocycles. The predicted molar refractivity (Wildman–Crippen MR) is 77.6 cm³/mol. The Hall–Kier alpha value is -2.08. The van der Waals surface area contributed by atoms with E-state index in [2.05, 4.69) is 5.10 Å². The third kappa shape index (κ3) is 3.00. The van der Waals surface area contributed by atoms with Gasteiger partial charge in [0.05, 0.1) is 16.4 Å². The van der Waals surface area contributed by atoms with Crippen molar-refractivity contribution in [2.24, 2.45) is 0 Å². The van der Waals surface area contributed by atoms with Crippen LogP contribution in [0.25, 0.3) is 0 Å². The summed E-state index contributed by atoms with van der Waals surface area (Å²) in [5.41, 5.74) is 7.03. The van der Waals surface area contributed by atoms with Crippen molar-refractivity contribution in [2.75, 3.05) is 5.73 Å². The second-order valence-electron chi connectivity index (χ2n) is 4.45. The smallest absolute Gasteiger partial charge is 0.359 e. The molecule has 21 heavy (non-hydrogen) atoms. The number of ether oxygens (including phenoxy) is 1. The summed E-state index contributed by atoms with van der Waals surface area (Å²) in [4.78, 5) is 12.1. The van der Waals surface area contributed by atoms with Crippen LogP contribution < -0.4 is 5.73 Å². The number of rotatable bonds is 4. The summed E-state index contributed by atoms with van der Waals surface area (Å²) in [7, 11) is 0. The Kier molecular flexibility index (Phi) is 4.47. The molecule has 0 unspecified atom stereocenters. The number of aryl methyl sites for hydroxylation is 2. The Morgan fingerprint density at radius 3 is 2.90 bits per heavy atom. The van der Waals surface area contributed by atoms with Gasteiger partial charge in [0.1, 0.15) is 12.4 Å². The Morgan fingerprint density at radius 1 is 1.52 bits per heavy atom. The number of benzene rings is 1. The molecule has 0 saturated carbocycles. The molecule has 0 aliphatic heterocycles. The van der Waals surface area contributed by atoms with Crippen molar-refractivity contribution in [3.8, 4) is 0 Å². The molecule has 5 nitrogen and oxygen atoms in total. The van der Waals surface area contributed by atoms with Gasteiger partial charge in [-0.1, -0.05) is 23.7 Å². The van der Waals surface area contributed by atoms with E-state index in [1.807, 2.05) is 6.92 Å². The van der Waals surface area contributed by atoms with E-state index in [0.717, 1.165) is 0 Å². The van der Waals surface area contributed by atoms with E-state index in [9.17, 15) is 9.18 Å². The number of carbonyl (C=O) groups excluding carboxylic acids is 1. The van der Waals surface area contributed by atoms with E-state index < -0.39 is 11.8 Å². The molecule has 0 saturated heterocycles. The quantitative estimate of drug-likeness (QED) is 0.881. The van der Waals surface area contributed by atoms with Gasteiger partial charge in [0.15, 0.2) is 5.69 Å². The highest BCUT2D eigenvalue weighted by Gasteiger charge is 2.21. The molecule has 0 aliphatic carbocycles. The molecule has 0 amide bonds. The highest BCUT2D eigenvalue weighted by atomic mass is 35.5. The Labute approximate surface area is 126 Å². The molecule has 2 aromatic rings. The van der Waals surface area contributed by atoms with Crippen LogP contribution in [0.5, 0.6) is 0 Å². The number of esters is 1. The fourth-order valence-electron chi connectivity index (χ4n) is 1.91. The number of hydrogen-bond acceptors (Lipinski definition) is 4. The third-order valence-corrected chi connectivity index (χ3v) is 3.35. The summed E-state index contributed by atoms with van der Waals surface area (Å²) in [6.07, 6.45) is 0. The molecule has 0 spiro atoms. The van der Waals surface area contributed by atoms with Crippen LogP contribution in [-0.2, 0) is 17.9 Å². The van der Waals surface area contributed by atoms with Crippen LogP contribution >= 0.6 is 11.6 Å². The highest BCUT2D eigenvalue weighted by Crippen LogP contribution is 2.21. The lowest BCUT2D eigenvalue weighted by molar-refractivity contribution is 0.0456. The summed E-state index contributed by atoms with van der Waals surface area (Å²) in [5, 5.41) is 4.12. The number of halogens is 2. The highest BCUT2D eigenvalue weighted by molar-refractivity contribution is 6.30. The molecule has 1 aromatic heterocycles. The van der Waals surface area contributed by atoms with Crippen molar-refractivity contribution >= 4 is 23.3 Å². The first-order valence-electron chi connectivity index (χ1n) is 6.38. The van der Waals surface area contributed by atoms with Gasteiger partial charge in [-0.05, 0) is 19.9 Å². The maximum atomic E-state index is 13.7. The first-order chi connectivity index (χ1) is 9.95. The number of hydrogen-bond donors (Lipinski definition) is 1. The van der Waals surface area contributed by atoms with Crippen LogP contribution in [0.4, 0.5) is 10.1 Å². The van der Waals surface area contributed by atoms with Gasteiger partial charge >= 0.3 is 5.97 Å². The first-order valence-corrected chi connectivity index (χ1v) is 6.76.